The smallest absolute Gasteiger partial charge is 0.225 e. The third-order valence-corrected chi connectivity index (χ3v) is 6.82. The molecule has 0 aromatic carbocycles. The molecule has 1 rings (SSSR count). The fourth-order valence-electron chi connectivity index (χ4n) is 0.743. The van der Waals surface area contributed by atoms with Crippen LogP contribution in [0.15, 0.2) is 11.4 Å². The normalized spacial score (nSPS) is 30.2. The van der Waals surface area contributed by atoms with Gasteiger partial charge in [0.2, 0.25) is 6.49 Å². The Hall–Kier alpha value is -0.160. The topological polar surface area (TPSA) is 20.3 Å². The van der Waals surface area contributed by atoms with Crippen LogP contribution in [-0.2, 0) is 4.57 Å². The van der Waals surface area contributed by atoms with Crippen LogP contribution in [0.2, 0.25) is 0 Å². The lowest BCUT2D eigenvalue weighted by Gasteiger charge is -2.15. The van der Waals surface area contributed by atoms with Gasteiger partial charge in [0.05, 0.1) is 0 Å². The molecular formula is C7H10NOPS. The molecule has 0 radical (unpaired) electrons. The van der Waals surface area contributed by atoms with E-state index in [-0.39, 0.29) is 0 Å². The van der Waals surface area contributed by atoms with Gasteiger partial charge in [0.1, 0.15) is 0 Å². The highest BCUT2D eigenvalue weighted by molar-refractivity contribution is 8.58. The summed E-state index contributed by atoms with van der Waals surface area (Å²) < 4.78 is 13.5. The Kier molecular flexibility index (Phi) is 2.49. The Balaban J connectivity index is 2.90. The molecule has 0 N–H and O–H groups in total. The van der Waals surface area contributed by atoms with Gasteiger partial charge in [-0.1, -0.05) is 17.3 Å². The Morgan fingerprint density at radius 3 is 2.73 bits per heavy atom. The summed E-state index contributed by atoms with van der Waals surface area (Å²) in [6.07, 6.45) is 5.18. The van der Waals surface area contributed by atoms with Gasteiger partial charge in [-0.2, -0.15) is 0 Å². The van der Waals surface area contributed by atoms with Gasteiger partial charge in [0.15, 0.2) is 0 Å². The SMILES string of the molecule is C#CC1=CP(=O)(N(C)C)SC1. The maximum absolute atomic E-state index is 11.8. The number of hydrogen-bond donors (Lipinski definition) is 0. The van der Waals surface area contributed by atoms with Crippen molar-refractivity contribution in [3.05, 3.63) is 11.4 Å². The van der Waals surface area contributed by atoms with Crippen molar-refractivity contribution in [2.75, 3.05) is 19.8 Å². The summed E-state index contributed by atoms with van der Waals surface area (Å²) in [5.74, 6) is 4.95. The van der Waals surface area contributed by atoms with E-state index in [4.69, 9.17) is 6.42 Å². The number of terminal acetylenes is 1. The summed E-state index contributed by atoms with van der Waals surface area (Å²) in [4.78, 5) is 0. The molecular weight excluding hydrogens is 177 g/mol. The molecule has 0 fully saturated rings. The first-order valence-electron chi connectivity index (χ1n) is 3.19. The van der Waals surface area contributed by atoms with Crippen LogP contribution >= 0.6 is 17.9 Å². The zero-order valence-corrected chi connectivity index (χ0v) is 8.28. The van der Waals surface area contributed by atoms with Crippen molar-refractivity contribution in [2.45, 2.75) is 0 Å². The monoisotopic (exact) mass is 187 g/mol. The molecule has 11 heavy (non-hydrogen) atoms. The molecule has 60 valence electrons. The van der Waals surface area contributed by atoms with Gasteiger partial charge < -0.3 is 0 Å². The minimum atomic E-state index is -2.27. The van der Waals surface area contributed by atoms with Crippen molar-refractivity contribution in [1.82, 2.24) is 4.67 Å². The van der Waals surface area contributed by atoms with Crippen molar-refractivity contribution in [1.29, 1.82) is 0 Å². The van der Waals surface area contributed by atoms with E-state index in [1.807, 2.05) is 14.1 Å². The zero-order chi connectivity index (χ0) is 8.48. The Morgan fingerprint density at radius 2 is 2.45 bits per heavy atom. The zero-order valence-electron chi connectivity index (χ0n) is 6.57. The van der Waals surface area contributed by atoms with Crippen molar-refractivity contribution in [3.63, 3.8) is 0 Å². The van der Waals surface area contributed by atoms with E-state index in [2.05, 4.69) is 5.92 Å². The van der Waals surface area contributed by atoms with Crippen LogP contribution in [0.5, 0.6) is 0 Å². The Bertz CT molecular complexity index is 277. The predicted octanol–water partition coefficient (Wildman–Crippen LogP) is 2.00. The third kappa shape index (κ3) is 1.70. The number of rotatable bonds is 1. The summed E-state index contributed by atoms with van der Waals surface area (Å²) in [5.41, 5.74) is 0.854. The molecule has 1 unspecified atom stereocenters. The molecule has 0 aromatic heterocycles. The molecule has 0 bridgehead atoms. The van der Waals surface area contributed by atoms with Gasteiger partial charge in [0.25, 0.3) is 0 Å². The predicted molar refractivity (Wildman–Crippen MR) is 50.7 cm³/mol. The molecule has 1 aliphatic rings. The fourth-order valence-corrected chi connectivity index (χ4v) is 4.72. The molecule has 1 heterocycles. The lowest BCUT2D eigenvalue weighted by Crippen LogP contribution is -2.02. The molecule has 0 spiro atoms. The average molecular weight is 187 g/mol. The minimum Gasteiger partial charge on any atom is -0.290 e. The summed E-state index contributed by atoms with van der Waals surface area (Å²) in [7, 11) is 3.62. The van der Waals surface area contributed by atoms with Crippen molar-refractivity contribution >= 4 is 17.9 Å². The molecule has 0 aliphatic carbocycles. The van der Waals surface area contributed by atoms with Crippen LogP contribution in [0, 0.1) is 12.3 Å². The van der Waals surface area contributed by atoms with Gasteiger partial charge in [-0.05, 0) is 14.1 Å². The van der Waals surface area contributed by atoms with Gasteiger partial charge >= 0.3 is 0 Å². The van der Waals surface area contributed by atoms with Crippen molar-refractivity contribution < 1.29 is 4.57 Å². The number of nitrogens with zero attached hydrogens (tertiary/aromatic N) is 1. The van der Waals surface area contributed by atoms with E-state index in [1.165, 1.54) is 11.4 Å². The maximum atomic E-state index is 11.8. The van der Waals surface area contributed by atoms with Gasteiger partial charge in [0, 0.05) is 17.1 Å². The highest BCUT2D eigenvalue weighted by Gasteiger charge is 2.28. The van der Waals surface area contributed by atoms with E-state index < -0.39 is 6.49 Å². The van der Waals surface area contributed by atoms with Crippen LogP contribution in [-0.4, -0.2) is 24.5 Å². The first-order chi connectivity index (χ1) is 5.08. The van der Waals surface area contributed by atoms with Gasteiger partial charge in [-0.15, -0.1) is 6.42 Å². The summed E-state index contributed by atoms with van der Waals surface area (Å²) >= 11 is 1.43. The van der Waals surface area contributed by atoms with E-state index >= 15 is 0 Å². The average Bonchev–Trinajstić information content (AvgIpc) is 2.33. The molecule has 0 saturated heterocycles. The minimum absolute atomic E-state index is 0.714. The van der Waals surface area contributed by atoms with E-state index in [9.17, 15) is 4.57 Å². The number of hydrogen-bond acceptors (Lipinski definition) is 2. The van der Waals surface area contributed by atoms with Crippen molar-refractivity contribution in [3.8, 4) is 12.3 Å². The molecule has 4 heteroatoms. The lowest BCUT2D eigenvalue weighted by atomic mass is 10.4. The van der Waals surface area contributed by atoms with E-state index in [1.54, 1.807) is 10.5 Å². The van der Waals surface area contributed by atoms with Crippen molar-refractivity contribution in [2.24, 2.45) is 0 Å². The summed E-state index contributed by atoms with van der Waals surface area (Å²) in [6, 6.07) is 0. The highest BCUT2D eigenvalue weighted by Crippen LogP contribution is 2.66. The first kappa shape index (κ1) is 8.93. The highest BCUT2D eigenvalue weighted by atomic mass is 32.7. The quantitative estimate of drug-likeness (QED) is 0.462. The summed E-state index contributed by atoms with van der Waals surface area (Å²) in [6.45, 7) is -2.27. The first-order valence-corrected chi connectivity index (χ1v) is 6.51. The van der Waals surface area contributed by atoms with Crippen LogP contribution < -0.4 is 0 Å². The van der Waals surface area contributed by atoms with E-state index in [0.29, 0.717) is 5.75 Å². The van der Waals surface area contributed by atoms with Crippen LogP contribution in [0.4, 0.5) is 0 Å². The summed E-state index contributed by atoms with van der Waals surface area (Å²) in [5, 5.41) is 0. The Morgan fingerprint density at radius 1 is 1.82 bits per heavy atom. The molecule has 0 saturated carbocycles. The second-order valence-corrected chi connectivity index (χ2v) is 7.56. The second kappa shape index (κ2) is 3.06. The molecule has 2 nitrogen and oxygen atoms in total. The van der Waals surface area contributed by atoms with Gasteiger partial charge in [-0.25, -0.2) is 4.67 Å². The largest absolute Gasteiger partial charge is 0.290 e. The fraction of sp³-hybridized carbons (Fsp3) is 0.429. The Labute approximate surface area is 71.2 Å². The van der Waals surface area contributed by atoms with E-state index in [0.717, 1.165) is 5.57 Å². The maximum Gasteiger partial charge on any atom is 0.225 e. The van der Waals surface area contributed by atoms with Crippen LogP contribution in [0.1, 0.15) is 0 Å². The molecule has 1 aliphatic heterocycles. The van der Waals surface area contributed by atoms with Gasteiger partial charge in [-0.3, -0.25) is 4.57 Å². The van der Waals surface area contributed by atoms with Crippen LogP contribution in [0.3, 0.4) is 0 Å². The molecule has 0 aromatic rings. The van der Waals surface area contributed by atoms with Crippen LogP contribution in [0.25, 0.3) is 0 Å². The second-order valence-electron chi connectivity index (χ2n) is 2.48. The lowest BCUT2D eigenvalue weighted by molar-refractivity contribution is 0.538. The third-order valence-electron chi connectivity index (χ3n) is 1.47. The molecule has 1 atom stereocenters. The standard InChI is InChI=1S/C7H10NOPS/c1-4-7-5-10(9,8(2)3)11-6-7/h1,5H,6H2,2-3H3. The molecule has 0 amide bonds.